The molecule has 4 heteroatoms. The number of nitrogens with zero attached hydrogens (tertiary/aromatic N) is 2. The van der Waals surface area contributed by atoms with Crippen molar-refractivity contribution < 1.29 is 0 Å². The van der Waals surface area contributed by atoms with E-state index in [1.165, 1.54) is 36.6 Å². The van der Waals surface area contributed by atoms with Crippen LogP contribution in [0.15, 0.2) is 41.5 Å². The van der Waals surface area contributed by atoms with Crippen LogP contribution in [0.1, 0.15) is 45.1 Å². The molecule has 0 bridgehead atoms. The monoisotopic (exact) mass is 324 g/mol. The lowest BCUT2D eigenvalue weighted by Gasteiger charge is -2.28. The molecule has 2 aromatic rings. The van der Waals surface area contributed by atoms with Gasteiger partial charge in [-0.15, -0.1) is 0 Å². The van der Waals surface area contributed by atoms with E-state index in [1.807, 2.05) is 12.3 Å². The highest BCUT2D eigenvalue weighted by molar-refractivity contribution is 5.83. The third-order valence-electron chi connectivity index (χ3n) is 4.82. The zero-order chi connectivity index (χ0) is 16.8. The van der Waals surface area contributed by atoms with Gasteiger partial charge in [-0.05, 0) is 50.2 Å². The maximum absolute atomic E-state index is 4.80. The van der Waals surface area contributed by atoms with Crippen LogP contribution in [0.3, 0.4) is 0 Å². The van der Waals surface area contributed by atoms with Crippen molar-refractivity contribution in [2.75, 3.05) is 6.54 Å². The third-order valence-corrected chi connectivity index (χ3v) is 4.82. The van der Waals surface area contributed by atoms with Crippen molar-refractivity contribution in [3.8, 4) is 0 Å². The van der Waals surface area contributed by atoms with Crippen LogP contribution in [-0.4, -0.2) is 23.5 Å². The van der Waals surface area contributed by atoms with E-state index in [9.17, 15) is 0 Å². The van der Waals surface area contributed by atoms with Crippen molar-refractivity contribution in [2.45, 2.75) is 52.1 Å². The fraction of sp³-hybridized carbons (Fsp3) is 0.500. The number of hydrogen-bond donors (Lipinski definition) is 2. The van der Waals surface area contributed by atoms with E-state index < -0.39 is 0 Å². The summed E-state index contributed by atoms with van der Waals surface area (Å²) in [5.74, 6) is 1.79. The first kappa shape index (κ1) is 16.7. The van der Waals surface area contributed by atoms with E-state index in [-0.39, 0.29) is 0 Å². The first-order valence-electron chi connectivity index (χ1n) is 9.13. The van der Waals surface area contributed by atoms with Gasteiger partial charge < -0.3 is 10.6 Å². The van der Waals surface area contributed by atoms with Gasteiger partial charge in [-0.25, -0.2) is 4.99 Å². The Bertz CT molecular complexity index is 682. The normalized spacial score (nSPS) is 21.7. The van der Waals surface area contributed by atoms with Gasteiger partial charge in [0.2, 0.25) is 0 Å². The summed E-state index contributed by atoms with van der Waals surface area (Å²) in [5.41, 5.74) is 2.22. The molecule has 0 radical (unpaired) electrons. The Morgan fingerprint density at radius 1 is 1.17 bits per heavy atom. The maximum Gasteiger partial charge on any atom is 0.191 e. The molecule has 1 aliphatic carbocycles. The number of aromatic nitrogens is 1. The molecule has 24 heavy (non-hydrogen) atoms. The molecule has 0 unspecified atom stereocenters. The van der Waals surface area contributed by atoms with Gasteiger partial charge in [-0.2, -0.15) is 0 Å². The minimum atomic E-state index is 0.546. The van der Waals surface area contributed by atoms with Crippen LogP contribution in [0.25, 0.3) is 10.9 Å². The molecule has 1 aromatic heterocycles. The zero-order valence-electron chi connectivity index (χ0n) is 14.8. The van der Waals surface area contributed by atoms with Gasteiger partial charge in [0.25, 0.3) is 0 Å². The van der Waals surface area contributed by atoms with Crippen molar-refractivity contribution in [3.63, 3.8) is 0 Å². The molecule has 1 aliphatic rings. The van der Waals surface area contributed by atoms with Crippen LogP contribution in [0.4, 0.5) is 0 Å². The highest BCUT2D eigenvalue weighted by atomic mass is 15.2. The summed E-state index contributed by atoms with van der Waals surface area (Å²) >= 11 is 0. The van der Waals surface area contributed by atoms with Gasteiger partial charge in [0, 0.05) is 24.2 Å². The molecule has 0 saturated heterocycles. The third kappa shape index (κ3) is 4.25. The Hall–Kier alpha value is -2.10. The summed E-state index contributed by atoms with van der Waals surface area (Å²) in [5, 5.41) is 8.16. The molecule has 1 saturated carbocycles. The molecule has 0 spiro atoms. The van der Waals surface area contributed by atoms with E-state index in [4.69, 9.17) is 4.99 Å². The van der Waals surface area contributed by atoms with Crippen LogP contribution in [-0.2, 0) is 6.54 Å². The first-order chi connectivity index (χ1) is 11.8. The Morgan fingerprint density at radius 3 is 2.75 bits per heavy atom. The molecule has 1 aromatic carbocycles. The lowest BCUT2D eigenvalue weighted by atomic mass is 9.87. The van der Waals surface area contributed by atoms with Gasteiger partial charge in [0.15, 0.2) is 5.96 Å². The van der Waals surface area contributed by atoms with Gasteiger partial charge in [0.1, 0.15) is 0 Å². The number of benzene rings is 1. The lowest BCUT2D eigenvalue weighted by Crippen LogP contribution is -2.44. The fourth-order valence-electron chi connectivity index (χ4n) is 3.38. The standard InChI is InChI=1S/C20H28N4/c1-3-21-20(24-18-11-9-15(2)10-12-18)23-14-17-7-4-6-16-8-5-13-22-19(16)17/h4-8,13,15,18H,3,9-12,14H2,1-2H3,(H2,21,23,24). The fourth-order valence-corrected chi connectivity index (χ4v) is 3.38. The molecule has 1 heterocycles. The van der Waals surface area contributed by atoms with Crippen LogP contribution in [0, 0.1) is 5.92 Å². The Balaban J connectivity index is 1.71. The molecule has 0 amide bonds. The number of guanidine groups is 1. The SMILES string of the molecule is CCNC(=NCc1cccc2cccnc12)NC1CCC(C)CC1. The van der Waals surface area contributed by atoms with E-state index in [2.05, 4.69) is 53.7 Å². The first-order valence-corrected chi connectivity index (χ1v) is 9.13. The molecular formula is C20H28N4. The second-order valence-electron chi connectivity index (χ2n) is 6.79. The van der Waals surface area contributed by atoms with E-state index >= 15 is 0 Å². The lowest BCUT2D eigenvalue weighted by molar-refractivity contribution is 0.329. The molecular weight excluding hydrogens is 296 g/mol. The largest absolute Gasteiger partial charge is 0.357 e. The molecule has 0 aliphatic heterocycles. The van der Waals surface area contributed by atoms with Gasteiger partial charge in [-0.1, -0.05) is 31.2 Å². The van der Waals surface area contributed by atoms with E-state index in [1.54, 1.807) is 0 Å². The molecule has 2 N–H and O–H groups in total. The molecule has 128 valence electrons. The van der Waals surface area contributed by atoms with Crippen molar-refractivity contribution in [1.29, 1.82) is 0 Å². The average molecular weight is 324 g/mol. The van der Waals surface area contributed by atoms with Crippen LogP contribution >= 0.6 is 0 Å². The summed E-state index contributed by atoms with van der Waals surface area (Å²) in [6.45, 7) is 5.98. The summed E-state index contributed by atoms with van der Waals surface area (Å²) in [4.78, 5) is 9.32. The van der Waals surface area contributed by atoms with Crippen LogP contribution in [0.5, 0.6) is 0 Å². The zero-order valence-corrected chi connectivity index (χ0v) is 14.8. The number of para-hydroxylation sites is 1. The summed E-state index contributed by atoms with van der Waals surface area (Å²) in [6, 6.07) is 10.9. The molecule has 3 rings (SSSR count). The molecule has 1 fully saturated rings. The van der Waals surface area contributed by atoms with Crippen molar-refractivity contribution >= 4 is 16.9 Å². The minimum Gasteiger partial charge on any atom is -0.357 e. The summed E-state index contributed by atoms with van der Waals surface area (Å²) in [6.07, 6.45) is 6.94. The second-order valence-corrected chi connectivity index (χ2v) is 6.79. The number of nitrogens with one attached hydrogen (secondary N) is 2. The Labute approximate surface area is 144 Å². The number of fused-ring (bicyclic) bond motifs is 1. The minimum absolute atomic E-state index is 0.546. The summed E-state index contributed by atoms with van der Waals surface area (Å²) in [7, 11) is 0. The highest BCUT2D eigenvalue weighted by Crippen LogP contribution is 2.23. The topological polar surface area (TPSA) is 49.3 Å². The Morgan fingerprint density at radius 2 is 1.96 bits per heavy atom. The average Bonchev–Trinajstić information content (AvgIpc) is 2.62. The smallest absolute Gasteiger partial charge is 0.191 e. The molecule has 4 nitrogen and oxygen atoms in total. The summed E-state index contributed by atoms with van der Waals surface area (Å²) < 4.78 is 0. The van der Waals surface area contributed by atoms with Crippen molar-refractivity contribution in [3.05, 3.63) is 42.1 Å². The molecule has 0 atom stereocenters. The van der Waals surface area contributed by atoms with Crippen molar-refractivity contribution in [1.82, 2.24) is 15.6 Å². The van der Waals surface area contributed by atoms with Crippen LogP contribution < -0.4 is 10.6 Å². The number of pyridine rings is 1. The highest BCUT2D eigenvalue weighted by Gasteiger charge is 2.18. The van der Waals surface area contributed by atoms with E-state index in [0.29, 0.717) is 12.6 Å². The van der Waals surface area contributed by atoms with Gasteiger partial charge in [0.05, 0.1) is 12.1 Å². The second kappa shape index (κ2) is 8.13. The van der Waals surface area contributed by atoms with Gasteiger partial charge in [-0.3, -0.25) is 4.98 Å². The van der Waals surface area contributed by atoms with Crippen molar-refractivity contribution in [2.24, 2.45) is 10.9 Å². The number of aliphatic imine (C=N–C) groups is 1. The van der Waals surface area contributed by atoms with Gasteiger partial charge >= 0.3 is 0 Å². The predicted molar refractivity (Wildman–Crippen MR) is 101 cm³/mol. The number of hydrogen-bond acceptors (Lipinski definition) is 2. The Kier molecular flexibility index (Phi) is 5.68. The van der Waals surface area contributed by atoms with Crippen LogP contribution in [0.2, 0.25) is 0 Å². The quantitative estimate of drug-likeness (QED) is 0.663. The maximum atomic E-state index is 4.80. The van der Waals surface area contributed by atoms with E-state index in [0.717, 1.165) is 23.9 Å². The predicted octanol–water partition coefficient (Wildman–Crippen LogP) is 3.87. The number of rotatable bonds is 4.